The van der Waals surface area contributed by atoms with Crippen LogP contribution in [0.2, 0.25) is 0 Å². The third-order valence-corrected chi connectivity index (χ3v) is 4.48. The number of hydrogen-bond acceptors (Lipinski definition) is 4. The second-order valence-electron chi connectivity index (χ2n) is 5.81. The minimum absolute atomic E-state index is 0.0668. The maximum atomic E-state index is 12.2. The number of aliphatic carboxylic acids is 1. The Morgan fingerprint density at radius 1 is 1.30 bits per heavy atom. The first-order valence-corrected chi connectivity index (χ1v) is 7.70. The monoisotopic (exact) mass is 321 g/mol. The lowest BCUT2D eigenvalue weighted by Crippen LogP contribution is -2.54. The van der Waals surface area contributed by atoms with E-state index in [0.717, 1.165) is 12.0 Å². The Labute approximate surface area is 135 Å². The maximum Gasteiger partial charge on any atom is 0.308 e. The summed E-state index contributed by atoms with van der Waals surface area (Å²) in [7, 11) is 3.07. The summed E-state index contributed by atoms with van der Waals surface area (Å²) in [5, 5.41) is 12.1. The number of hydrogen-bond donors (Lipinski definition) is 2. The van der Waals surface area contributed by atoms with Crippen molar-refractivity contribution in [2.75, 3.05) is 20.8 Å². The van der Waals surface area contributed by atoms with E-state index < -0.39 is 17.5 Å². The fourth-order valence-corrected chi connectivity index (χ4v) is 2.78. The molecule has 1 aromatic rings. The van der Waals surface area contributed by atoms with Crippen LogP contribution in [0.3, 0.4) is 0 Å². The number of ether oxygens (including phenoxy) is 2. The molecule has 1 amide bonds. The highest BCUT2D eigenvalue weighted by atomic mass is 16.5. The van der Waals surface area contributed by atoms with Gasteiger partial charge < -0.3 is 19.9 Å². The normalized spacial score (nSPS) is 17.0. The van der Waals surface area contributed by atoms with E-state index in [9.17, 15) is 14.7 Å². The van der Waals surface area contributed by atoms with Crippen LogP contribution in [-0.4, -0.2) is 43.3 Å². The van der Waals surface area contributed by atoms with Crippen LogP contribution in [0.15, 0.2) is 24.3 Å². The third kappa shape index (κ3) is 3.82. The maximum absolute atomic E-state index is 12.2. The molecule has 0 heterocycles. The van der Waals surface area contributed by atoms with Crippen molar-refractivity contribution in [2.45, 2.75) is 31.3 Å². The zero-order chi connectivity index (χ0) is 16.9. The molecule has 2 rings (SSSR count). The first-order valence-electron chi connectivity index (χ1n) is 7.70. The Hall–Kier alpha value is -2.08. The van der Waals surface area contributed by atoms with Gasteiger partial charge in [-0.3, -0.25) is 9.59 Å². The number of methoxy groups -OCH3 is 2. The number of nitrogens with one attached hydrogen (secondary N) is 1. The molecule has 2 N–H and O–H groups in total. The predicted octanol–water partition coefficient (Wildman–Crippen LogP) is 1.62. The summed E-state index contributed by atoms with van der Waals surface area (Å²) in [4.78, 5) is 23.7. The van der Waals surface area contributed by atoms with Gasteiger partial charge in [-0.25, -0.2) is 0 Å². The van der Waals surface area contributed by atoms with Crippen molar-refractivity contribution in [2.24, 2.45) is 5.92 Å². The zero-order valence-electron chi connectivity index (χ0n) is 13.5. The van der Waals surface area contributed by atoms with Crippen molar-refractivity contribution in [3.8, 4) is 5.75 Å². The summed E-state index contributed by atoms with van der Waals surface area (Å²) in [6.07, 6.45) is 2.60. The highest BCUT2D eigenvalue weighted by Crippen LogP contribution is 2.35. The van der Waals surface area contributed by atoms with E-state index in [1.165, 1.54) is 7.11 Å². The van der Waals surface area contributed by atoms with E-state index >= 15 is 0 Å². The van der Waals surface area contributed by atoms with Gasteiger partial charge in [-0.1, -0.05) is 18.2 Å². The van der Waals surface area contributed by atoms with Gasteiger partial charge in [0.1, 0.15) is 11.4 Å². The number of rotatable bonds is 8. The van der Waals surface area contributed by atoms with Crippen LogP contribution in [0.4, 0.5) is 0 Å². The SMILES string of the molecule is COc1ccccc1CC(CNC(=O)C1(OC)CCC1)C(=O)O. The summed E-state index contributed by atoms with van der Waals surface area (Å²) in [5.74, 6) is -1.24. The molecule has 0 radical (unpaired) electrons. The van der Waals surface area contributed by atoms with E-state index in [1.807, 2.05) is 18.2 Å². The van der Waals surface area contributed by atoms with Gasteiger partial charge in [0.05, 0.1) is 13.0 Å². The van der Waals surface area contributed by atoms with Crippen LogP contribution >= 0.6 is 0 Å². The quantitative estimate of drug-likeness (QED) is 0.760. The second-order valence-corrected chi connectivity index (χ2v) is 5.81. The summed E-state index contributed by atoms with van der Waals surface area (Å²) >= 11 is 0. The minimum Gasteiger partial charge on any atom is -0.496 e. The van der Waals surface area contributed by atoms with E-state index in [2.05, 4.69) is 5.32 Å². The number of amides is 1. The number of carbonyl (C=O) groups is 2. The lowest BCUT2D eigenvalue weighted by molar-refractivity contribution is -0.154. The van der Waals surface area contributed by atoms with Gasteiger partial charge in [0.2, 0.25) is 0 Å². The van der Waals surface area contributed by atoms with Gasteiger partial charge in [-0.15, -0.1) is 0 Å². The van der Waals surface area contributed by atoms with Gasteiger partial charge in [0.15, 0.2) is 0 Å². The van der Waals surface area contributed by atoms with Gasteiger partial charge in [0.25, 0.3) is 5.91 Å². The van der Waals surface area contributed by atoms with Crippen molar-refractivity contribution >= 4 is 11.9 Å². The molecule has 0 aromatic heterocycles. The van der Waals surface area contributed by atoms with Gasteiger partial charge in [-0.05, 0) is 37.3 Å². The molecular formula is C17H23NO5. The Kier molecular flexibility index (Phi) is 5.60. The largest absolute Gasteiger partial charge is 0.496 e. The second kappa shape index (κ2) is 7.46. The number of carboxylic acids is 1. The highest BCUT2D eigenvalue weighted by molar-refractivity contribution is 5.86. The van der Waals surface area contributed by atoms with Crippen LogP contribution in [-0.2, 0) is 20.7 Å². The smallest absolute Gasteiger partial charge is 0.308 e. The van der Waals surface area contributed by atoms with Crippen LogP contribution in [0, 0.1) is 5.92 Å². The van der Waals surface area contributed by atoms with E-state index in [1.54, 1.807) is 13.2 Å². The standard InChI is InChI=1S/C17H23NO5/c1-22-14-7-4-3-6-12(14)10-13(15(19)20)11-18-16(21)17(23-2)8-5-9-17/h3-4,6-7,13H,5,8-11H2,1-2H3,(H,18,21)(H,19,20). The topological polar surface area (TPSA) is 84.9 Å². The van der Waals surface area contributed by atoms with E-state index in [0.29, 0.717) is 25.0 Å². The number of carboxylic acid groups (broad SMARTS) is 1. The zero-order valence-corrected chi connectivity index (χ0v) is 13.5. The molecule has 6 nitrogen and oxygen atoms in total. The third-order valence-electron chi connectivity index (χ3n) is 4.48. The molecule has 23 heavy (non-hydrogen) atoms. The summed E-state index contributed by atoms with van der Waals surface area (Å²) < 4.78 is 10.6. The lowest BCUT2D eigenvalue weighted by Gasteiger charge is -2.38. The van der Waals surface area contributed by atoms with Crippen molar-refractivity contribution < 1.29 is 24.2 Å². The number of benzene rings is 1. The summed E-state index contributed by atoms with van der Waals surface area (Å²) in [5.41, 5.74) is 0.0368. The average Bonchev–Trinajstić information content (AvgIpc) is 2.51. The molecule has 1 fully saturated rings. The molecule has 0 saturated heterocycles. The Balaban J connectivity index is 1.99. The fourth-order valence-electron chi connectivity index (χ4n) is 2.78. The van der Waals surface area contributed by atoms with Crippen molar-refractivity contribution in [1.82, 2.24) is 5.32 Å². The van der Waals surface area contributed by atoms with Crippen molar-refractivity contribution in [3.63, 3.8) is 0 Å². The Bertz CT molecular complexity index is 562. The molecule has 1 aliphatic carbocycles. The average molecular weight is 321 g/mol. The highest BCUT2D eigenvalue weighted by Gasteiger charge is 2.44. The molecule has 0 aliphatic heterocycles. The van der Waals surface area contributed by atoms with Gasteiger partial charge in [0, 0.05) is 13.7 Å². The van der Waals surface area contributed by atoms with Crippen LogP contribution < -0.4 is 10.1 Å². The molecule has 1 atom stereocenters. The molecule has 1 aliphatic rings. The van der Waals surface area contributed by atoms with Crippen molar-refractivity contribution in [3.05, 3.63) is 29.8 Å². The van der Waals surface area contributed by atoms with E-state index in [4.69, 9.17) is 9.47 Å². The van der Waals surface area contributed by atoms with Crippen molar-refractivity contribution in [1.29, 1.82) is 0 Å². The summed E-state index contributed by atoms with van der Waals surface area (Å²) in [6, 6.07) is 7.29. The lowest BCUT2D eigenvalue weighted by atomic mass is 9.79. The van der Waals surface area contributed by atoms with Crippen LogP contribution in [0.5, 0.6) is 5.75 Å². The molecular weight excluding hydrogens is 298 g/mol. The number of carbonyl (C=O) groups excluding carboxylic acids is 1. The molecule has 1 aromatic carbocycles. The minimum atomic E-state index is -0.948. The van der Waals surface area contributed by atoms with Crippen LogP contribution in [0.1, 0.15) is 24.8 Å². The van der Waals surface area contributed by atoms with Gasteiger partial charge >= 0.3 is 5.97 Å². The first kappa shape index (κ1) is 17.3. The molecule has 1 unspecified atom stereocenters. The summed E-state index contributed by atoms with van der Waals surface area (Å²) in [6.45, 7) is 0.0668. The van der Waals surface area contributed by atoms with Gasteiger partial charge in [-0.2, -0.15) is 0 Å². The van der Waals surface area contributed by atoms with E-state index in [-0.39, 0.29) is 12.5 Å². The fraction of sp³-hybridized carbons (Fsp3) is 0.529. The molecule has 6 heteroatoms. The molecule has 1 saturated carbocycles. The number of para-hydroxylation sites is 1. The Morgan fingerprint density at radius 3 is 2.52 bits per heavy atom. The first-order chi connectivity index (χ1) is 11.0. The van der Waals surface area contributed by atoms with Crippen LogP contribution in [0.25, 0.3) is 0 Å². The predicted molar refractivity (Wildman–Crippen MR) is 84.4 cm³/mol. The molecule has 0 spiro atoms. The Morgan fingerprint density at radius 2 is 2.00 bits per heavy atom. The molecule has 126 valence electrons. The molecule has 0 bridgehead atoms.